The molecule has 0 heterocycles. The van der Waals surface area contributed by atoms with Gasteiger partial charge in [0, 0.05) is 8.95 Å². The minimum Gasteiger partial charge on any atom is -0.481 e. The van der Waals surface area contributed by atoms with Gasteiger partial charge < -0.3 is 9.47 Å². The predicted octanol–water partition coefficient (Wildman–Crippen LogP) is 5.35. The zero-order chi connectivity index (χ0) is 22.2. The van der Waals surface area contributed by atoms with Gasteiger partial charge in [-0.1, -0.05) is 37.9 Å². The van der Waals surface area contributed by atoms with Gasteiger partial charge in [-0.3, -0.25) is 4.79 Å². The molecular formula is C23H18Br2N2O4. The van der Waals surface area contributed by atoms with Crippen molar-refractivity contribution in [3.63, 3.8) is 0 Å². The molecule has 0 saturated carbocycles. The van der Waals surface area contributed by atoms with Gasteiger partial charge >= 0.3 is 5.97 Å². The van der Waals surface area contributed by atoms with Crippen LogP contribution in [0, 0.1) is 0 Å². The summed E-state index contributed by atoms with van der Waals surface area (Å²) in [6, 6.07) is 20.9. The average Bonchev–Trinajstić information content (AvgIpc) is 2.76. The lowest BCUT2D eigenvalue weighted by atomic mass is 10.2. The van der Waals surface area contributed by atoms with Crippen molar-refractivity contribution in [3.8, 4) is 11.5 Å². The van der Waals surface area contributed by atoms with Crippen LogP contribution in [-0.2, 0) is 4.79 Å². The number of carbonyl (C=O) groups excluding carboxylic acids is 2. The second-order valence-corrected chi connectivity index (χ2v) is 8.25. The van der Waals surface area contributed by atoms with Crippen molar-refractivity contribution in [2.24, 2.45) is 5.10 Å². The van der Waals surface area contributed by atoms with Crippen LogP contribution in [0.3, 0.4) is 0 Å². The highest BCUT2D eigenvalue weighted by molar-refractivity contribution is 9.10. The second-order valence-electron chi connectivity index (χ2n) is 6.42. The topological polar surface area (TPSA) is 77.0 Å². The molecule has 31 heavy (non-hydrogen) atoms. The zero-order valence-corrected chi connectivity index (χ0v) is 19.6. The molecule has 0 aromatic heterocycles. The van der Waals surface area contributed by atoms with E-state index in [1.165, 1.54) is 6.21 Å². The van der Waals surface area contributed by atoms with Crippen molar-refractivity contribution >= 4 is 50.0 Å². The summed E-state index contributed by atoms with van der Waals surface area (Å²) in [5.41, 5.74) is 3.62. The van der Waals surface area contributed by atoms with Crippen LogP contribution in [0.2, 0.25) is 0 Å². The van der Waals surface area contributed by atoms with Gasteiger partial charge in [-0.25, -0.2) is 10.2 Å². The van der Waals surface area contributed by atoms with Crippen molar-refractivity contribution in [1.29, 1.82) is 0 Å². The van der Waals surface area contributed by atoms with E-state index >= 15 is 0 Å². The molecule has 3 aromatic rings. The predicted molar refractivity (Wildman–Crippen MR) is 126 cm³/mol. The van der Waals surface area contributed by atoms with Crippen LogP contribution in [0.1, 0.15) is 22.8 Å². The van der Waals surface area contributed by atoms with Crippen LogP contribution in [-0.4, -0.2) is 24.2 Å². The maximum absolute atomic E-state index is 12.2. The van der Waals surface area contributed by atoms with Crippen molar-refractivity contribution in [3.05, 3.63) is 92.9 Å². The molecule has 0 aliphatic heterocycles. The molecule has 0 aliphatic rings. The van der Waals surface area contributed by atoms with Crippen LogP contribution < -0.4 is 14.9 Å². The maximum Gasteiger partial charge on any atom is 0.343 e. The van der Waals surface area contributed by atoms with Crippen LogP contribution in [0.5, 0.6) is 11.5 Å². The molecule has 0 bridgehead atoms. The highest BCUT2D eigenvalue weighted by Gasteiger charge is 2.14. The van der Waals surface area contributed by atoms with Crippen molar-refractivity contribution in [1.82, 2.24) is 5.43 Å². The van der Waals surface area contributed by atoms with E-state index in [9.17, 15) is 9.59 Å². The molecule has 158 valence electrons. The Morgan fingerprint density at radius 3 is 2.29 bits per heavy atom. The first-order valence-corrected chi connectivity index (χ1v) is 10.8. The van der Waals surface area contributed by atoms with Gasteiger partial charge in [-0.15, -0.1) is 0 Å². The summed E-state index contributed by atoms with van der Waals surface area (Å²) >= 11 is 6.67. The molecule has 1 amide bonds. The lowest BCUT2D eigenvalue weighted by Gasteiger charge is -2.12. The monoisotopic (exact) mass is 544 g/mol. The Morgan fingerprint density at radius 2 is 1.61 bits per heavy atom. The fourth-order valence-electron chi connectivity index (χ4n) is 2.44. The zero-order valence-electron chi connectivity index (χ0n) is 16.4. The number of hydrogen-bond acceptors (Lipinski definition) is 5. The number of esters is 1. The molecule has 0 spiro atoms. The molecule has 0 aliphatic carbocycles. The van der Waals surface area contributed by atoms with Gasteiger partial charge in [0.05, 0.1) is 11.8 Å². The number of ether oxygens (including phenoxy) is 2. The Bertz CT molecular complexity index is 1080. The normalized spacial score (nSPS) is 11.7. The van der Waals surface area contributed by atoms with Crippen molar-refractivity contribution in [2.75, 3.05) is 0 Å². The fourth-order valence-corrected chi connectivity index (χ4v) is 3.10. The second kappa shape index (κ2) is 10.9. The van der Waals surface area contributed by atoms with E-state index in [1.807, 2.05) is 18.2 Å². The molecule has 1 N–H and O–H groups in total. The first-order valence-electron chi connectivity index (χ1n) is 9.23. The third-order valence-electron chi connectivity index (χ3n) is 4.04. The van der Waals surface area contributed by atoms with E-state index in [1.54, 1.807) is 61.5 Å². The molecule has 1 atom stereocenters. The first-order chi connectivity index (χ1) is 14.9. The SMILES string of the molecule is C[C@H](Oc1ccc(Br)cc1)C(=O)N/N=C\c1ccc(OC(=O)c2cccc(Br)c2)cc1. The molecule has 3 rings (SSSR count). The largest absolute Gasteiger partial charge is 0.481 e. The molecule has 0 fully saturated rings. The smallest absolute Gasteiger partial charge is 0.343 e. The van der Waals surface area contributed by atoms with Crippen LogP contribution in [0.25, 0.3) is 0 Å². The minimum absolute atomic E-state index is 0.376. The van der Waals surface area contributed by atoms with Crippen molar-refractivity contribution < 1.29 is 19.1 Å². The van der Waals surface area contributed by atoms with E-state index in [0.29, 0.717) is 17.1 Å². The Balaban J connectivity index is 1.50. The number of hydrogen-bond donors (Lipinski definition) is 1. The Morgan fingerprint density at radius 1 is 0.935 bits per heavy atom. The number of rotatable bonds is 7. The summed E-state index contributed by atoms with van der Waals surface area (Å²) < 4.78 is 12.7. The van der Waals surface area contributed by atoms with Crippen LogP contribution in [0.4, 0.5) is 0 Å². The summed E-state index contributed by atoms with van der Waals surface area (Å²) in [6.45, 7) is 1.64. The van der Waals surface area contributed by atoms with Gasteiger partial charge in [0.2, 0.25) is 0 Å². The van der Waals surface area contributed by atoms with E-state index in [-0.39, 0.29) is 5.91 Å². The quantitative estimate of drug-likeness (QED) is 0.188. The lowest BCUT2D eigenvalue weighted by Crippen LogP contribution is -2.33. The van der Waals surface area contributed by atoms with E-state index in [0.717, 1.165) is 14.5 Å². The number of hydrazone groups is 1. The van der Waals surface area contributed by atoms with E-state index < -0.39 is 12.1 Å². The third kappa shape index (κ3) is 7.04. The summed E-state index contributed by atoms with van der Waals surface area (Å²) in [6.07, 6.45) is 0.780. The van der Waals surface area contributed by atoms with Gasteiger partial charge in [0.15, 0.2) is 6.10 Å². The molecule has 0 saturated heterocycles. The summed E-state index contributed by atoms with van der Waals surface area (Å²) in [5, 5.41) is 3.94. The highest BCUT2D eigenvalue weighted by Crippen LogP contribution is 2.18. The van der Waals surface area contributed by atoms with Crippen molar-refractivity contribution in [2.45, 2.75) is 13.0 Å². The standard InChI is InChI=1S/C23H18Br2N2O4/c1-15(30-20-11-7-18(24)8-12-20)22(28)27-26-14-16-5-9-21(10-6-16)31-23(29)17-3-2-4-19(25)13-17/h2-15H,1H3,(H,27,28)/b26-14-/t15-/m0/s1. The molecule has 6 nitrogen and oxygen atoms in total. The highest BCUT2D eigenvalue weighted by atomic mass is 79.9. The summed E-state index contributed by atoms with van der Waals surface area (Å²) in [5.74, 6) is 0.166. The Kier molecular flexibility index (Phi) is 7.97. The molecule has 0 radical (unpaired) electrons. The average molecular weight is 546 g/mol. The molecular weight excluding hydrogens is 528 g/mol. The Hall–Kier alpha value is -2.97. The van der Waals surface area contributed by atoms with Gasteiger partial charge in [-0.05, 0) is 79.2 Å². The fraction of sp³-hybridized carbons (Fsp3) is 0.0870. The number of carbonyl (C=O) groups is 2. The summed E-state index contributed by atoms with van der Waals surface area (Å²) in [7, 11) is 0. The lowest BCUT2D eigenvalue weighted by molar-refractivity contribution is -0.127. The minimum atomic E-state index is -0.710. The van der Waals surface area contributed by atoms with E-state index in [2.05, 4.69) is 42.4 Å². The van der Waals surface area contributed by atoms with Crippen LogP contribution in [0.15, 0.2) is 86.8 Å². The molecule has 3 aromatic carbocycles. The third-order valence-corrected chi connectivity index (χ3v) is 5.06. The van der Waals surface area contributed by atoms with E-state index in [4.69, 9.17) is 9.47 Å². The first kappa shape index (κ1) is 22.7. The van der Waals surface area contributed by atoms with Gasteiger partial charge in [-0.2, -0.15) is 5.10 Å². The number of benzene rings is 3. The Labute approximate surface area is 196 Å². The van der Waals surface area contributed by atoms with Gasteiger partial charge in [0.1, 0.15) is 11.5 Å². The summed E-state index contributed by atoms with van der Waals surface area (Å²) in [4.78, 5) is 24.3. The molecule has 0 unspecified atom stereocenters. The number of amides is 1. The number of nitrogens with zero attached hydrogens (tertiary/aromatic N) is 1. The maximum atomic E-state index is 12.2. The van der Waals surface area contributed by atoms with Crippen LogP contribution >= 0.6 is 31.9 Å². The number of nitrogens with one attached hydrogen (secondary N) is 1. The van der Waals surface area contributed by atoms with Gasteiger partial charge in [0.25, 0.3) is 5.91 Å². The molecule has 8 heteroatoms. The number of halogens is 2.